The van der Waals surface area contributed by atoms with Crippen LogP contribution in [-0.4, -0.2) is 4.98 Å². The molecular formula is C15H14BrNO. The molecule has 1 aliphatic carbocycles. The number of ether oxygens (including phenoxy) is 1. The van der Waals surface area contributed by atoms with E-state index >= 15 is 0 Å². The number of hydrogen-bond acceptors (Lipinski definition) is 2. The molecule has 0 spiro atoms. The van der Waals surface area contributed by atoms with E-state index in [2.05, 4.69) is 39.1 Å². The van der Waals surface area contributed by atoms with Crippen molar-refractivity contribution < 1.29 is 4.74 Å². The minimum atomic E-state index is 0.603. The molecule has 0 saturated heterocycles. The first-order chi connectivity index (χ1) is 8.81. The van der Waals surface area contributed by atoms with Crippen LogP contribution in [0, 0.1) is 0 Å². The molecule has 18 heavy (non-hydrogen) atoms. The fourth-order valence-electron chi connectivity index (χ4n) is 2.35. The van der Waals surface area contributed by atoms with Gasteiger partial charge < -0.3 is 4.74 Å². The predicted molar refractivity (Wildman–Crippen MR) is 74.7 cm³/mol. The quantitative estimate of drug-likeness (QED) is 0.857. The first-order valence-electron chi connectivity index (χ1n) is 6.15. The second kappa shape index (κ2) is 5.11. The average molecular weight is 304 g/mol. The van der Waals surface area contributed by atoms with Crippen LogP contribution in [0.3, 0.4) is 0 Å². The molecule has 1 aromatic heterocycles. The van der Waals surface area contributed by atoms with Crippen LogP contribution >= 0.6 is 15.9 Å². The summed E-state index contributed by atoms with van der Waals surface area (Å²) < 4.78 is 6.68. The van der Waals surface area contributed by atoms with Gasteiger partial charge in [-0.1, -0.05) is 18.2 Å². The van der Waals surface area contributed by atoms with Gasteiger partial charge in [0.25, 0.3) is 0 Å². The average Bonchev–Trinajstić information content (AvgIpc) is 2.84. The smallest absolute Gasteiger partial charge is 0.139 e. The van der Waals surface area contributed by atoms with Gasteiger partial charge in [0.05, 0.1) is 6.20 Å². The first-order valence-corrected chi connectivity index (χ1v) is 6.94. The molecule has 0 amide bonds. The van der Waals surface area contributed by atoms with E-state index in [-0.39, 0.29) is 0 Å². The fourth-order valence-corrected chi connectivity index (χ4v) is 2.70. The maximum atomic E-state index is 5.74. The highest BCUT2D eigenvalue weighted by molar-refractivity contribution is 9.10. The lowest BCUT2D eigenvalue weighted by molar-refractivity contribution is 0.304. The molecule has 3 rings (SSSR count). The number of aromatic nitrogens is 1. The molecular weight excluding hydrogens is 290 g/mol. The van der Waals surface area contributed by atoms with Gasteiger partial charge in [0.2, 0.25) is 0 Å². The zero-order valence-corrected chi connectivity index (χ0v) is 11.6. The van der Waals surface area contributed by atoms with E-state index in [1.165, 1.54) is 36.0 Å². The van der Waals surface area contributed by atoms with Crippen molar-refractivity contribution in [3.63, 3.8) is 0 Å². The summed E-state index contributed by atoms with van der Waals surface area (Å²) in [5.74, 6) is 0.796. The van der Waals surface area contributed by atoms with Gasteiger partial charge in [0.15, 0.2) is 0 Å². The van der Waals surface area contributed by atoms with Crippen LogP contribution in [0.1, 0.15) is 23.1 Å². The van der Waals surface area contributed by atoms with Gasteiger partial charge in [0, 0.05) is 10.7 Å². The van der Waals surface area contributed by atoms with Crippen LogP contribution in [0.5, 0.6) is 5.75 Å². The van der Waals surface area contributed by atoms with E-state index in [0.717, 1.165) is 10.2 Å². The Bertz CT molecular complexity index is 568. The van der Waals surface area contributed by atoms with Gasteiger partial charge in [-0.15, -0.1) is 0 Å². The summed E-state index contributed by atoms with van der Waals surface area (Å²) >= 11 is 3.39. The zero-order valence-electron chi connectivity index (χ0n) is 10.0. The van der Waals surface area contributed by atoms with Gasteiger partial charge in [-0.2, -0.15) is 0 Å². The van der Waals surface area contributed by atoms with Crippen LogP contribution in [0.15, 0.2) is 41.1 Å². The molecule has 0 atom stereocenters. The fraction of sp³-hybridized carbons (Fsp3) is 0.267. The Morgan fingerprint density at radius 3 is 2.89 bits per heavy atom. The van der Waals surface area contributed by atoms with Crippen molar-refractivity contribution in [2.75, 3.05) is 0 Å². The zero-order chi connectivity index (χ0) is 12.4. The van der Waals surface area contributed by atoms with Gasteiger partial charge >= 0.3 is 0 Å². The van der Waals surface area contributed by atoms with Crippen LogP contribution in [0.25, 0.3) is 0 Å². The third kappa shape index (κ3) is 2.56. The highest BCUT2D eigenvalue weighted by atomic mass is 79.9. The Morgan fingerprint density at radius 2 is 2.00 bits per heavy atom. The molecule has 1 heterocycles. The molecule has 0 fully saturated rings. The topological polar surface area (TPSA) is 22.1 Å². The molecule has 1 aromatic carbocycles. The molecule has 0 N–H and O–H groups in total. The third-order valence-electron chi connectivity index (χ3n) is 3.25. The van der Waals surface area contributed by atoms with Gasteiger partial charge in [0.1, 0.15) is 12.4 Å². The monoisotopic (exact) mass is 303 g/mol. The predicted octanol–water partition coefficient (Wildman–Crippen LogP) is 3.91. The maximum Gasteiger partial charge on any atom is 0.139 e. The number of hydrogen-bond donors (Lipinski definition) is 0. The Morgan fingerprint density at radius 1 is 1.11 bits per heavy atom. The van der Waals surface area contributed by atoms with E-state index in [0.29, 0.717) is 6.61 Å². The summed E-state index contributed by atoms with van der Waals surface area (Å²) in [6.07, 6.45) is 7.21. The number of pyridine rings is 1. The lowest BCUT2D eigenvalue weighted by atomic mass is 10.1. The molecule has 2 aromatic rings. The van der Waals surface area contributed by atoms with E-state index in [1.54, 1.807) is 12.4 Å². The van der Waals surface area contributed by atoms with Crippen molar-refractivity contribution >= 4 is 15.9 Å². The Balaban J connectivity index is 1.70. The normalized spacial score (nSPS) is 13.4. The number of nitrogens with zero attached hydrogens (tertiary/aromatic N) is 1. The SMILES string of the molecule is Brc1cncc(OCc2ccc3c(c2)CCC3)c1. The molecule has 2 nitrogen and oxygen atoms in total. The molecule has 0 unspecified atom stereocenters. The number of aryl methyl sites for hydroxylation is 2. The van der Waals surface area contributed by atoms with Crippen molar-refractivity contribution in [1.82, 2.24) is 4.98 Å². The van der Waals surface area contributed by atoms with E-state index in [1.807, 2.05) is 6.07 Å². The number of fused-ring (bicyclic) bond motifs is 1. The van der Waals surface area contributed by atoms with Crippen molar-refractivity contribution in [2.45, 2.75) is 25.9 Å². The summed E-state index contributed by atoms with van der Waals surface area (Å²) in [5, 5.41) is 0. The van der Waals surface area contributed by atoms with Crippen molar-refractivity contribution in [2.24, 2.45) is 0 Å². The van der Waals surface area contributed by atoms with Crippen molar-refractivity contribution in [3.8, 4) is 5.75 Å². The lowest BCUT2D eigenvalue weighted by Crippen LogP contribution is -1.97. The molecule has 1 aliphatic rings. The van der Waals surface area contributed by atoms with Crippen molar-refractivity contribution in [3.05, 3.63) is 57.8 Å². The maximum absolute atomic E-state index is 5.74. The highest BCUT2D eigenvalue weighted by Crippen LogP contribution is 2.23. The standard InChI is InChI=1S/C15H14BrNO/c16-14-7-15(9-17-8-14)18-10-11-4-5-12-2-1-3-13(12)6-11/h4-9H,1-3,10H2. The molecule has 0 aliphatic heterocycles. The van der Waals surface area contributed by atoms with E-state index in [4.69, 9.17) is 4.74 Å². The summed E-state index contributed by atoms with van der Waals surface area (Å²) in [7, 11) is 0. The Kier molecular flexibility index (Phi) is 3.33. The molecule has 0 saturated carbocycles. The number of rotatable bonds is 3. The van der Waals surface area contributed by atoms with Crippen LogP contribution < -0.4 is 4.74 Å². The summed E-state index contributed by atoms with van der Waals surface area (Å²) in [6.45, 7) is 0.603. The van der Waals surface area contributed by atoms with Gasteiger partial charge in [-0.05, 0) is 57.9 Å². The van der Waals surface area contributed by atoms with Gasteiger partial charge in [-0.25, -0.2) is 0 Å². The summed E-state index contributed by atoms with van der Waals surface area (Å²) in [5.41, 5.74) is 4.22. The lowest BCUT2D eigenvalue weighted by Gasteiger charge is -2.08. The minimum Gasteiger partial charge on any atom is -0.487 e. The summed E-state index contributed by atoms with van der Waals surface area (Å²) in [6, 6.07) is 8.60. The number of halogens is 1. The molecule has 92 valence electrons. The number of benzene rings is 1. The van der Waals surface area contributed by atoms with E-state index in [9.17, 15) is 0 Å². The minimum absolute atomic E-state index is 0.603. The summed E-state index contributed by atoms with van der Waals surface area (Å²) in [4.78, 5) is 4.08. The highest BCUT2D eigenvalue weighted by Gasteiger charge is 2.10. The largest absolute Gasteiger partial charge is 0.487 e. The van der Waals surface area contributed by atoms with Crippen molar-refractivity contribution in [1.29, 1.82) is 0 Å². The van der Waals surface area contributed by atoms with Gasteiger partial charge in [-0.3, -0.25) is 4.98 Å². The Hall–Kier alpha value is -1.35. The first kappa shape index (κ1) is 11.7. The van der Waals surface area contributed by atoms with E-state index < -0.39 is 0 Å². The Labute approximate surface area is 115 Å². The molecule has 3 heteroatoms. The third-order valence-corrected chi connectivity index (χ3v) is 3.68. The molecule has 0 bridgehead atoms. The second-order valence-corrected chi connectivity index (χ2v) is 5.50. The second-order valence-electron chi connectivity index (χ2n) is 4.58. The van der Waals surface area contributed by atoms with Crippen LogP contribution in [-0.2, 0) is 19.4 Å². The van der Waals surface area contributed by atoms with Crippen LogP contribution in [0.4, 0.5) is 0 Å². The molecule has 0 radical (unpaired) electrons. The van der Waals surface area contributed by atoms with Crippen LogP contribution in [0.2, 0.25) is 0 Å².